The van der Waals surface area contributed by atoms with Gasteiger partial charge < -0.3 is 20.0 Å². The Bertz CT molecular complexity index is 515. The Morgan fingerprint density at radius 3 is 1.92 bits per heavy atom. The summed E-state index contributed by atoms with van der Waals surface area (Å²) in [7, 11) is 0. The predicted octanol–water partition coefficient (Wildman–Crippen LogP) is -0.430. The third kappa shape index (κ3) is 20.9. The normalized spacial score (nSPS) is 8.04. The SMILES string of the molecule is C=C(C)C(=O)OCCN=C=O.C=C(C)C(=O)OCCNC(=O)NO.NO. The maximum Gasteiger partial charge on any atom is 0.338 e. The number of nitrogens with two attached hydrogens (primary N) is 1. The lowest BCUT2D eigenvalue weighted by atomic mass is 10.4. The zero-order valence-electron chi connectivity index (χ0n) is 14.6. The van der Waals surface area contributed by atoms with Gasteiger partial charge in [-0.2, -0.15) is 0 Å². The largest absolute Gasteiger partial charge is 0.460 e. The number of carbonyl (C=O) groups is 3. The van der Waals surface area contributed by atoms with Crippen molar-refractivity contribution < 1.29 is 39.1 Å². The van der Waals surface area contributed by atoms with Gasteiger partial charge in [-0.1, -0.05) is 13.2 Å². The van der Waals surface area contributed by atoms with E-state index in [-0.39, 0.29) is 26.3 Å². The van der Waals surface area contributed by atoms with Crippen molar-refractivity contribution in [2.75, 3.05) is 26.3 Å². The van der Waals surface area contributed by atoms with Crippen molar-refractivity contribution in [2.45, 2.75) is 13.8 Å². The molecule has 0 aromatic heterocycles. The molecule has 0 saturated carbocycles. The maximum absolute atomic E-state index is 10.8. The summed E-state index contributed by atoms with van der Waals surface area (Å²) >= 11 is 0. The molecule has 2 amide bonds. The minimum absolute atomic E-state index is 0.0408. The molecule has 26 heavy (non-hydrogen) atoms. The van der Waals surface area contributed by atoms with Crippen molar-refractivity contribution in [1.29, 1.82) is 0 Å². The van der Waals surface area contributed by atoms with Crippen LogP contribution in [0.5, 0.6) is 0 Å². The number of isocyanates is 1. The fourth-order valence-electron chi connectivity index (χ4n) is 0.824. The molecule has 0 fully saturated rings. The van der Waals surface area contributed by atoms with Gasteiger partial charge in [-0.25, -0.2) is 35.5 Å². The average Bonchev–Trinajstić information content (AvgIpc) is 2.63. The van der Waals surface area contributed by atoms with Crippen molar-refractivity contribution in [2.24, 2.45) is 10.9 Å². The molecule has 0 saturated heterocycles. The van der Waals surface area contributed by atoms with Crippen LogP contribution in [0.1, 0.15) is 13.8 Å². The summed E-state index contributed by atoms with van der Waals surface area (Å²) in [4.78, 5) is 44.5. The van der Waals surface area contributed by atoms with E-state index in [0.29, 0.717) is 11.1 Å². The summed E-state index contributed by atoms with van der Waals surface area (Å²) < 4.78 is 9.23. The van der Waals surface area contributed by atoms with Gasteiger partial charge in [0.15, 0.2) is 0 Å². The molecule has 6 N–H and O–H groups in total. The van der Waals surface area contributed by atoms with E-state index < -0.39 is 18.0 Å². The van der Waals surface area contributed by atoms with E-state index in [2.05, 4.69) is 38.8 Å². The van der Waals surface area contributed by atoms with Crippen LogP contribution in [-0.2, 0) is 23.9 Å². The van der Waals surface area contributed by atoms with Crippen molar-refractivity contribution in [3.8, 4) is 0 Å². The van der Waals surface area contributed by atoms with E-state index in [0.717, 1.165) is 0 Å². The van der Waals surface area contributed by atoms with Crippen LogP contribution in [0.15, 0.2) is 29.3 Å². The molecule has 0 bridgehead atoms. The first-order valence-corrected chi connectivity index (χ1v) is 6.88. The fourth-order valence-corrected chi connectivity index (χ4v) is 0.824. The molecule has 0 spiro atoms. The summed E-state index contributed by atoms with van der Waals surface area (Å²) in [6, 6.07) is -0.744. The Morgan fingerprint density at radius 1 is 1.08 bits per heavy atom. The van der Waals surface area contributed by atoms with E-state index in [1.165, 1.54) is 18.5 Å². The minimum Gasteiger partial charge on any atom is -0.460 e. The number of esters is 2. The smallest absolute Gasteiger partial charge is 0.338 e. The first-order chi connectivity index (χ1) is 12.3. The number of urea groups is 1. The Labute approximate surface area is 150 Å². The van der Waals surface area contributed by atoms with Gasteiger partial charge in [0.25, 0.3) is 0 Å². The monoisotopic (exact) mass is 376 g/mol. The van der Waals surface area contributed by atoms with Gasteiger partial charge in [-0.05, 0) is 13.8 Å². The number of hydrogen-bond acceptors (Lipinski definition) is 10. The lowest BCUT2D eigenvalue weighted by Gasteiger charge is -2.04. The van der Waals surface area contributed by atoms with Gasteiger partial charge >= 0.3 is 18.0 Å². The molecule has 0 rings (SSSR count). The number of hydrogen-bond donors (Lipinski definition) is 5. The molecule has 0 aliphatic carbocycles. The summed E-state index contributed by atoms with van der Waals surface area (Å²) in [6.07, 6.45) is 1.33. The van der Waals surface area contributed by atoms with Gasteiger partial charge in [0.2, 0.25) is 6.08 Å². The number of nitrogens with one attached hydrogen (secondary N) is 2. The molecule has 12 heteroatoms. The minimum atomic E-state index is -0.744. The van der Waals surface area contributed by atoms with Gasteiger partial charge in [0.05, 0.1) is 13.1 Å². The molecule has 0 aliphatic heterocycles. The number of ether oxygens (including phenoxy) is 2. The number of amides is 2. The molecule has 0 radical (unpaired) electrons. The van der Waals surface area contributed by atoms with Crippen LogP contribution >= 0.6 is 0 Å². The van der Waals surface area contributed by atoms with E-state index in [1.807, 2.05) is 0 Å². The van der Waals surface area contributed by atoms with Crippen molar-refractivity contribution >= 4 is 24.0 Å². The van der Waals surface area contributed by atoms with Gasteiger partial charge in [-0.15, -0.1) is 0 Å². The van der Waals surface area contributed by atoms with E-state index in [1.54, 1.807) is 6.92 Å². The van der Waals surface area contributed by atoms with Crippen LogP contribution in [-0.4, -0.2) is 60.8 Å². The zero-order valence-corrected chi connectivity index (χ0v) is 14.6. The van der Waals surface area contributed by atoms with Gasteiger partial charge in [0.1, 0.15) is 13.2 Å². The number of aliphatic imine (C=N–C) groups is 1. The van der Waals surface area contributed by atoms with Crippen LogP contribution in [0.25, 0.3) is 0 Å². The van der Waals surface area contributed by atoms with Gasteiger partial charge in [-0.3, -0.25) is 5.21 Å². The molecule has 0 aromatic rings. The molecule has 0 atom stereocenters. The topological polar surface area (TPSA) is 190 Å². The van der Waals surface area contributed by atoms with Crippen LogP contribution in [0.2, 0.25) is 0 Å². The van der Waals surface area contributed by atoms with Crippen LogP contribution in [0, 0.1) is 0 Å². The molecular weight excluding hydrogens is 352 g/mol. The zero-order chi connectivity index (χ0) is 21.0. The van der Waals surface area contributed by atoms with E-state index in [9.17, 15) is 19.2 Å². The highest BCUT2D eigenvalue weighted by molar-refractivity contribution is 5.87. The van der Waals surface area contributed by atoms with Crippen molar-refractivity contribution in [1.82, 2.24) is 10.8 Å². The Hall–Kier alpha value is -3.05. The Morgan fingerprint density at radius 2 is 1.54 bits per heavy atom. The highest BCUT2D eigenvalue weighted by atomic mass is 16.5. The molecule has 148 valence electrons. The summed E-state index contributed by atoms with van der Waals surface area (Å²) in [5, 5.41) is 16.8. The van der Waals surface area contributed by atoms with Crippen LogP contribution in [0.4, 0.5) is 4.79 Å². The molecule has 12 nitrogen and oxygen atoms in total. The second-order valence-corrected chi connectivity index (χ2v) is 4.17. The Balaban J connectivity index is -0.000000375. The molecule has 0 aliphatic rings. The summed E-state index contributed by atoms with van der Waals surface area (Å²) in [5.74, 6) is 2.53. The third-order valence-corrected chi connectivity index (χ3v) is 1.92. The second-order valence-electron chi connectivity index (χ2n) is 4.17. The van der Waals surface area contributed by atoms with Crippen molar-refractivity contribution in [3.63, 3.8) is 0 Å². The fraction of sp³-hybridized carbons (Fsp3) is 0.429. The molecule has 0 unspecified atom stereocenters. The molecule has 0 aromatic carbocycles. The molecule has 0 heterocycles. The lowest BCUT2D eigenvalue weighted by Crippen LogP contribution is -2.35. The second kappa shape index (κ2) is 20.0. The Kier molecular flexibility index (Phi) is 21.4. The molecular formula is C14H24N4O8. The lowest BCUT2D eigenvalue weighted by molar-refractivity contribution is -0.139. The highest BCUT2D eigenvalue weighted by Crippen LogP contribution is 1.91. The van der Waals surface area contributed by atoms with Crippen LogP contribution < -0.4 is 16.7 Å². The van der Waals surface area contributed by atoms with Crippen molar-refractivity contribution in [3.05, 3.63) is 24.3 Å². The number of rotatable bonds is 8. The van der Waals surface area contributed by atoms with Crippen LogP contribution in [0.3, 0.4) is 0 Å². The first kappa shape index (κ1) is 27.8. The van der Waals surface area contributed by atoms with E-state index >= 15 is 0 Å². The predicted molar refractivity (Wildman–Crippen MR) is 88.8 cm³/mol. The quantitative estimate of drug-likeness (QED) is 0.0711. The highest BCUT2D eigenvalue weighted by Gasteiger charge is 2.02. The number of nitrogens with zero attached hydrogens (tertiary/aromatic N) is 1. The summed E-state index contributed by atoms with van der Waals surface area (Å²) in [6.45, 7) is 10.2. The third-order valence-electron chi connectivity index (χ3n) is 1.92. The maximum atomic E-state index is 10.8. The number of carbonyl (C=O) groups excluding carboxylic acids is 4. The first-order valence-electron chi connectivity index (χ1n) is 6.88. The van der Waals surface area contributed by atoms with Gasteiger partial charge in [0, 0.05) is 11.1 Å². The average molecular weight is 376 g/mol. The van der Waals surface area contributed by atoms with E-state index in [4.69, 9.17) is 10.4 Å². The standard InChI is InChI=1S/C7H12N2O4.C7H9NO3.H3NO/c1-5(2)6(10)13-4-3-8-7(11)9-12;1-6(2)7(10)11-4-3-8-5-9;1-2/h12H,1,3-4H2,2H3,(H2,8,9,11);1,3-4H2,2H3;2H,1H2. The number of hydroxylamine groups is 1. The summed E-state index contributed by atoms with van der Waals surface area (Å²) in [5.41, 5.74) is 2.00.